The number of nitrogens with zero attached hydrogens (tertiary/aromatic N) is 5. The molecule has 0 bridgehead atoms. The molecule has 2 atom stereocenters. The minimum absolute atomic E-state index is 0.0521. The average molecular weight is 608 g/mol. The fourth-order valence-electron chi connectivity index (χ4n) is 6.29. The van der Waals surface area contributed by atoms with Crippen LogP contribution in [0, 0.1) is 18.6 Å². The number of carbonyl (C=O) groups is 1. The molecule has 0 spiro atoms. The number of halogens is 3. The number of amides is 1. The van der Waals surface area contributed by atoms with Crippen LogP contribution < -0.4 is 11.1 Å². The van der Waals surface area contributed by atoms with Gasteiger partial charge >= 0.3 is 11.1 Å². The number of pyridine rings is 2. The van der Waals surface area contributed by atoms with Crippen LogP contribution in [-0.4, -0.2) is 47.1 Å². The summed E-state index contributed by atoms with van der Waals surface area (Å²) < 4.78 is 46.9. The second-order valence-electron chi connectivity index (χ2n) is 11.6. The van der Waals surface area contributed by atoms with Gasteiger partial charge in [-0.25, -0.2) is 18.2 Å². The number of hydrogen-bond acceptors (Lipinski definition) is 6. The summed E-state index contributed by atoms with van der Waals surface area (Å²) in [5.41, 5.74) is -1.86. The van der Waals surface area contributed by atoms with Crippen LogP contribution in [0.2, 0.25) is 0 Å². The van der Waals surface area contributed by atoms with Gasteiger partial charge in [-0.15, -0.1) is 0 Å². The van der Waals surface area contributed by atoms with E-state index in [1.807, 2.05) is 13.8 Å². The summed E-state index contributed by atoms with van der Waals surface area (Å²) in [6, 6.07) is 4.31. The van der Waals surface area contributed by atoms with Gasteiger partial charge in [0.05, 0.1) is 22.5 Å². The number of phenolic OH excluding ortho intramolecular Hbond substituents is 1. The number of phenols is 1. The van der Waals surface area contributed by atoms with Gasteiger partial charge in [0.1, 0.15) is 17.3 Å². The zero-order valence-electron chi connectivity index (χ0n) is 24.9. The Morgan fingerprint density at radius 3 is 2.32 bits per heavy atom. The lowest BCUT2D eigenvalue weighted by atomic mass is 9.92. The average Bonchev–Trinajstić information content (AvgIpc) is 2.94. The van der Waals surface area contributed by atoms with Gasteiger partial charge in [0.25, 0.3) is 5.91 Å². The SMILES string of the molecule is C=C(F)C(=O)N1[C@H](C)CC(n2c(=O)c(=O)n(-c3c(C)ccnc3C(C)C)c3nc(-c4c(O)cccc4F)c(F)cc32)C[C@H]1C. The van der Waals surface area contributed by atoms with E-state index in [0.29, 0.717) is 11.3 Å². The van der Waals surface area contributed by atoms with Gasteiger partial charge in [0.15, 0.2) is 17.3 Å². The van der Waals surface area contributed by atoms with Crippen LogP contribution in [0.5, 0.6) is 5.75 Å². The maximum Gasteiger partial charge on any atom is 0.322 e. The van der Waals surface area contributed by atoms with Crippen molar-refractivity contribution >= 4 is 17.1 Å². The molecule has 1 aromatic carbocycles. The van der Waals surface area contributed by atoms with Crippen molar-refractivity contribution in [3.8, 4) is 22.7 Å². The fourth-order valence-corrected chi connectivity index (χ4v) is 6.29. The second-order valence-corrected chi connectivity index (χ2v) is 11.6. The fraction of sp³-hybridized carbons (Fsp3) is 0.344. The van der Waals surface area contributed by atoms with Gasteiger partial charge in [0.2, 0.25) is 0 Å². The highest BCUT2D eigenvalue weighted by Gasteiger charge is 2.37. The van der Waals surface area contributed by atoms with Gasteiger partial charge in [0, 0.05) is 30.4 Å². The first-order chi connectivity index (χ1) is 20.7. The molecule has 4 heterocycles. The van der Waals surface area contributed by atoms with Crippen LogP contribution in [0.4, 0.5) is 13.2 Å². The molecule has 3 aromatic heterocycles. The number of hydrogen-bond donors (Lipinski definition) is 1. The third-order valence-electron chi connectivity index (χ3n) is 8.17. The van der Waals surface area contributed by atoms with E-state index in [-0.39, 0.29) is 35.6 Å². The molecular weight excluding hydrogens is 575 g/mol. The van der Waals surface area contributed by atoms with Gasteiger partial charge in [-0.05, 0) is 63.3 Å². The molecule has 0 radical (unpaired) electrons. The Hall–Kier alpha value is -4.74. The molecule has 0 unspecified atom stereocenters. The first-order valence-electron chi connectivity index (χ1n) is 14.2. The van der Waals surface area contributed by atoms with Crippen molar-refractivity contribution in [2.24, 2.45) is 0 Å². The summed E-state index contributed by atoms with van der Waals surface area (Å²) in [6.45, 7) is 11.9. The number of piperidine rings is 1. The normalized spacial score (nSPS) is 18.7. The number of fused-ring (bicyclic) bond motifs is 1. The lowest BCUT2D eigenvalue weighted by molar-refractivity contribution is -0.135. The number of aryl methyl sites for hydroxylation is 1. The van der Waals surface area contributed by atoms with E-state index in [9.17, 15) is 28.3 Å². The Bertz CT molecular complexity index is 1920. The second kappa shape index (κ2) is 11.4. The van der Waals surface area contributed by atoms with Crippen molar-refractivity contribution in [3.63, 3.8) is 0 Å². The highest BCUT2D eigenvalue weighted by Crippen LogP contribution is 2.37. The Kier molecular flexibility index (Phi) is 7.96. The van der Waals surface area contributed by atoms with E-state index in [2.05, 4.69) is 16.5 Å². The Balaban J connectivity index is 1.87. The maximum absolute atomic E-state index is 15.9. The van der Waals surface area contributed by atoms with Crippen LogP contribution >= 0.6 is 0 Å². The van der Waals surface area contributed by atoms with Gasteiger partial charge < -0.3 is 10.0 Å². The molecule has 0 aliphatic carbocycles. The molecule has 44 heavy (non-hydrogen) atoms. The zero-order valence-corrected chi connectivity index (χ0v) is 24.9. The summed E-state index contributed by atoms with van der Waals surface area (Å²) in [7, 11) is 0. The summed E-state index contributed by atoms with van der Waals surface area (Å²) >= 11 is 0. The molecule has 1 N–H and O–H groups in total. The van der Waals surface area contributed by atoms with Crippen molar-refractivity contribution < 1.29 is 23.1 Å². The maximum atomic E-state index is 15.9. The smallest absolute Gasteiger partial charge is 0.322 e. The molecule has 1 saturated heterocycles. The van der Waals surface area contributed by atoms with Crippen molar-refractivity contribution in [3.05, 3.63) is 92.5 Å². The van der Waals surface area contributed by atoms with Crippen LogP contribution in [0.3, 0.4) is 0 Å². The van der Waals surface area contributed by atoms with Crippen LogP contribution in [-0.2, 0) is 4.79 Å². The highest BCUT2D eigenvalue weighted by atomic mass is 19.1. The minimum Gasteiger partial charge on any atom is -0.507 e. The van der Waals surface area contributed by atoms with Crippen LogP contribution in [0.25, 0.3) is 28.1 Å². The number of carbonyl (C=O) groups excluding carboxylic acids is 1. The van der Waals surface area contributed by atoms with Crippen molar-refractivity contribution in [2.45, 2.75) is 71.5 Å². The van der Waals surface area contributed by atoms with Crippen molar-refractivity contribution in [1.82, 2.24) is 24.0 Å². The number of rotatable bonds is 5. The van der Waals surface area contributed by atoms with Gasteiger partial charge in [-0.2, -0.15) is 0 Å². The molecular formula is C32H32F3N5O4. The van der Waals surface area contributed by atoms with Crippen molar-refractivity contribution in [1.29, 1.82) is 0 Å². The summed E-state index contributed by atoms with van der Waals surface area (Å²) in [5, 5.41) is 10.5. The molecule has 230 valence electrons. The molecule has 9 nitrogen and oxygen atoms in total. The molecule has 4 aromatic rings. The largest absolute Gasteiger partial charge is 0.507 e. The Labute approximate surface area is 250 Å². The number of benzene rings is 1. The number of aromatic nitrogens is 4. The third-order valence-corrected chi connectivity index (χ3v) is 8.17. The molecule has 1 fully saturated rings. The molecule has 1 aliphatic rings. The summed E-state index contributed by atoms with van der Waals surface area (Å²) in [5.74, 6) is -4.72. The molecule has 1 amide bonds. The van der Waals surface area contributed by atoms with E-state index in [4.69, 9.17) is 0 Å². The molecule has 12 heteroatoms. The summed E-state index contributed by atoms with van der Waals surface area (Å²) in [6.07, 6.45) is 1.85. The monoisotopic (exact) mass is 607 g/mol. The quantitative estimate of drug-likeness (QED) is 0.239. The van der Waals surface area contributed by atoms with Gasteiger partial charge in [-0.3, -0.25) is 28.5 Å². The summed E-state index contributed by atoms with van der Waals surface area (Å²) in [4.78, 5) is 50.8. The Morgan fingerprint density at radius 2 is 1.73 bits per heavy atom. The van der Waals surface area contributed by atoms with E-state index in [1.165, 1.54) is 17.0 Å². The Morgan fingerprint density at radius 1 is 1.07 bits per heavy atom. The molecule has 1 aliphatic heterocycles. The predicted molar refractivity (Wildman–Crippen MR) is 160 cm³/mol. The van der Waals surface area contributed by atoms with E-state index < -0.39 is 69.6 Å². The van der Waals surface area contributed by atoms with Crippen LogP contribution in [0.1, 0.15) is 63.8 Å². The standard InChI is InChI=1S/C32H32F3N5O4/c1-15(2)26-28(16(3)10-11-36-26)40-29-23(14-22(35)27(37-29)25-21(34)8-7-9-24(25)41)39(31(43)32(40)44)20-12-17(4)38(18(5)13-20)30(42)19(6)33/h7-11,14-15,17-18,20,41H,6,12-13H2,1-5H3/t17-,18-/m1/s1. The molecule has 5 rings (SSSR count). The van der Waals surface area contributed by atoms with E-state index >= 15 is 4.39 Å². The first-order valence-corrected chi connectivity index (χ1v) is 14.2. The third kappa shape index (κ3) is 4.97. The van der Waals surface area contributed by atoms with Crippen LogP contribution in [0.15, 0.2) is 58.5 Å². The van der Waals surface area contributed by atoms with Crippen molar-refractivity contribution in [2.75, 3.05) is 0 Å². The highest BCUT2D eigenvalue weighted by molar-refractivity contribution is 5.91. The molecule has 0 saturated carbocycles. The topological polar surface area (TPSA) is 110 Å². The van der Waals surface area contributed by atoms with E-state index in [0.717, 1.165) is 21.3 Å². The first kappa shape index (κ1) is 30.7. The van der Waals surface area contributed by atoms with Gasteiger partial charge in [-0.1, -0.05) is 26.5 Å². The lowest BCUT2D eigenvalue weighted by Gasteiger charge is -2.43. The minimum atomic E-state index is -1.12. The van der Waals surface area contributed by atoms with E-state index in [1.54, 1.807) is 33.0 Å². The lowest BCUT2D eigenvalue weighted by Crippen LogP contribution is -2.52. The number of likely N-dealkylation sites (tertiary alicyclic amines) is 1. The zero-order chi connectivity index (χ0) is 32.2. The predicted octanol–water partition coefficient (Wildman–Crippen LogP) is 5.45. The number of aromatic hydroxyl groups is 1.